The second-order valence-electron chi connectivity index (χ2n) is 9.47. The molecule has 0 saturated heterocycles. The van der Waals surface area contributed by atoms with Gasteiger partial charge >= 0.3 is 0 Å². The van der Waals surface area contributed by atoms with Gasteiger partial charge in [0.05, 0.1) is 5.69 Å². The van der Waals surface area contributed by atoms with Crippen molar-refractivity contribution in [3.63, 3.8) is 0 Å². The lowest BCUT2D eigenvalue weighted by atomic mass is 9.98. The Balaban J connectivity index is 1.55. The highest BCUT2D eigenvalue weighted by Gasteiger charge is 2.18. The van der Waals surface area contributed by atoms with Gasteiger partial charge < -0.3 is 4.90 Å². The van der Waals surface area contributed by atoms with Crippen molar-refractivity contribution in [1.29, 1.82) is 0 Å². The van der Waals surface area contributed by atoms with Gasteiger partial charge in [0.15, 0.2) is 0 Å². The average Bonchev–Trinajstić information content (AvgIpc) is 2.94. The first-order valence-electron chi connectivity index (χ1n) is 12.5. The summed E-state index contributed by atoms with van der Waals surface area (Å²) in [6.45, 7) is 2.19. The predicted octanol–water partition coefficient (Wildman–Crippen LogP) is 10.1. The van der Waals surface area contributed by atoms with E-state index in [9.17, 15) is 0 Å². The smallest absolute Gasteiger partial charge is 0.0540 e. The number of hydrogen-bond donors (Lipinski definition) is 0. The third-order valence-corrected chi connectivity index (χ3v) is 7.35. The zero-order valence-electron chi connectivity index (χ0n) is 20.1. The Morgan fingerprint density at radius 3 is 1.72 bits per heavy atom. The summed E-state index contributed by atoms with van der Waals surface area (Å²) in [7, 11) is 0. The van der Waals surface area contributed by atoms with E-state index in [1.165, 1.54) is 60.0 Å². The molecule has 36 heavy (non-hydrogen) atoms. The minimum Gasteiger partial charge on any atom is -0.310 e. The van der Waals surface area contributed by atoms with Gasteiger partial charge in [-0.2, -0.15) is 0 Å². The maximum absolute atomic E-state index is 2.42. The molecule has 7 aromatic carbocycles. The van der Waals surface area contributed by atoms with E-state index >= 15 is 0 Å². The molecule has 0 unspecified atom stereocenters. The molecule has 170 valence electrons. The number of para-hydroxylation sites is 1. The van der Waals surface area contributed by atoms with Crippen LogP contribution < -0.4 is 4.90 Å². The van der Waals surface area contributed by atoms with Gasteiger partial charge in [0.1, 0.15) is 0 Å². The highest BCUT2D eigenvalue weighted by atomic mass is 15.1. The fraction of sp³-hybridized carbons (Fsp3) is 0.0286. The Hall–Kier alpha value is -4.62. The van der Waals surface area contributed by atoms with Crippen LogP contribution in [0.15, 0.2) is 133 Å². The van der Waals surface area contributed by atoms with Crippen LogP contribution in [0.25, 0.3) is 43.1 Å². The fourth-order valence-corrected chi connectivity index (χ4v) is 5.57. The fourth-order valence-electron chi connectivity index (χ4n) is 5.57. The summed E-state index contributed by atoms with van der Waals surface area (Å²) in [5, 5.41) is 10.1. The third-order valence-electron chi connectivity index (χ3n) is 7.35. The van der Waals surface area contributed by atoms with Crippen molar-refractivity contribution < 1.29 is 0 Å². The van der Waals surface area contributed by atoms with Crippen LogP contribution in [-0.2, 0) is 0 Å². The molecule has 1 nitrogen and oxygen atoms in total. The van der Waals surface area contributed by atoms with Gasteiger partial charge in [-0.1, -0.05) is 109 Å². The van der Waals surface area contributed by atoms with E-state index in [1.54, 1.807) is 0 Å². The molecule has 0 saturated carbocycles. The van der Waals surface area contributed by atoms with E-state index in [0.29, 0.717) is 0 Å². The van der Waals surface area contributed by atoms with E-state index in [0.717, 1.165) is 5.69 Å². The Kier molecular flexibility index (Phi) is 4.75. The summed E-state index contributed by atoms with van der Waals surface area (Å²) in [5.74, 6) is 0. The second kappa shape index (κ2) is 8.25. The van der Waals surface area contributed by atoms with Crippen molar-refractivity contribution in [2.24, 2.45) is 0 Å². The average molecular weight is 460 g/mol. The van der Waals surface area contributed by atoms with Crippen LogP contribution in [0.4, 0.5) is 17.1 Å². The van der Waals surface area contributed by atoms with Crippen molar-refractivity contribution in [2.45, 2.75) is 6.92 Å². The molecule has 1 heteroatoms. The lowest BCUT2D eigenvalue weighted by Crippen LogP contribution is -2.11. The summed E-state index contributed by atoms with van der Waals surface area (Å²) in [5.41, 5.74) is 4.78. The van der Waals surface area contributed by atoms with Crippen molar-refractivity contribution >= 4 is 60.2 Å². The van der Waals surface area contributed by atoms with Gasteiger partial charge in [0.25, 0.3) is 0 Å². The van der Waals surface area contributed by atoms with Gasteiger partial charge in [-0.25, -0.2) is 0 Å². The highest BCUT2D eigenvalue weighted by Crippen LogP contribution is 2.43. The summed E-state index contributed by atoms with van der Waals surface area (Å²) < 4.78 is 0. The molecule has 0 N–H and O–H groups in total. The number of anilines is 3. The number of hydrogen-bond acceptors (Lipinski definition) is 1. The summed E-state index contributed by atoms with van der Waals surface area (Å²) in [6, 6.07) is 48.5. The van der Waals surface area contributed by atoms with Crippen molar-refractivity contribution in [3.8, 4) is 0 Å². The molecule has 0 aliphatic rings. The first-order valence-corrected chi connectivity index (χ1v) is 12.5. The van der Waals surface area contributed by atoms with Crippen LogP contribution in [0.2, 0.25) is 0 Å². The number of rotatable bonds is 3. The zero-order chi connectivity index (χ0) is 24.1. The highest BCUT2D eigenvalue weighted by molar-refractivity contribution is 6.13. The topological polar surface area (TPSA) is 3.24 Å². The second-order valence-corrected chi connectivity index (χ2v) is 9.47. The molecule has 0 aliphatic heterocycles. The maximum Gasteiger partial charge on any atom is 0.0540 e. The lowest BCUT2D eigenvalue weighted by Gasteiger charge is -2.29. The molecule has 0 bridgehead atoms. The molecule has 0 spiro atoms. The molecule has 0 radical (unpaired) electrons. The first kappa shape index (κ1) is 20.7. The van der Waals surface area contributed by atoms with Gasteiger partial charge in [-0.3, -0.25) is 0 Å². The molecule has 7 rings (SSSR count). The molecule has 0 aliphatic carbocycles. The van der Waals surface area contributed by atoms with Crippen LogP contribution >= 0.6 is 0 Å². The van der Waals surface area contributed by atoms with E-state index in [4.69, 9.17) is 0 Å². The minimum atomic E-state index is 1.16. The standard InChI is InChI=1S/C35H25N/c1-24-9-2-7-15-34(24)36(28-21-19-27-18-17-25-10-4-6-13-30(25)33(27)23-28)35-16-8-14-31-29-12-5-3-11-26(29)20-22-32(31)35/h2-23H,1H3. The molecule has 0 amide bonds. The lowest BCUT2D eigenvalue weighted by molar-refractivity contribution is 1.27. The van der Waals surface area contributed by atoms with Crippen molar-refractivity contribution in [3.05, 3.63) is 139 Å². The maximum atomic E-state index is 2.42. The molecular weight excluding hydrogens is 434 g/mol. The van der Waals surface area contributed by atoms with Crippen LogP contribution in [-0.4, -0.2) is 0 Å². The van der Waals surface area contributed by atoms with E-state index in [-0.39, 0.29) is 0 Å². The molecule has 0 aromatic heterocycles. The molecule has 0 heterocycles. The number of benzene rings is 7. The Morgan fingerprint density at radius 2 is 0.944 bits per heavy atom. The Bertz CT molecular complexity index is 1910. The summed E-state index contributed by atoms with van der Waals surface area (Å²) in [6.07, 6.45) is 0. The largest absolute Gasteiger partial charge is 0.310 e. The van der Waals surface area contributed by atoms with Crippen molar-refractivity contribution in [2.75, 3.05) is 4.90 Å². The number of fused-ring (bicyclic) bond motifs is 6. The van der Waals surface area contributed by atoms with E-state index < -0.39 is 0 Å². The van der Waals surface area contributed by atoms with E-state index in [2.05, 4.69) is 145 Å². The Labute approximate surface area is 210 Å². The number of aryl methyl sites for hydroxylation is 1. The van der Waals surface area contributed by atoms with Crippen molar-refractivity contribution in [1.82, 2.24) is 0 Å². The predicted molar refractivity (Wildman–Crippen MR) is 156 cm³/mol. The summed E-state index contributed by atoms with van der Waals surface area (Å²) in [4.78, 5) is 2.42. The molecule has 0 atom stereocenters. The van der Waals surface area contributed by atoms with Gasteiger partial charge in [-0.05, 0) is 74.5 Å². The normalized spacial score (nSPS) is 11.5. The molecule has 0 fully saturated rings. The molecular formula is C35H25N. The quantitative estimate of drug-likeness (QED) is 0.238. The monoisotopic (exact) mass is 459 g/mol. The SMILES string of the molecule is Cc1ccccc1N(c1ccc2ccc3ccccc3c2c1)c1cccc2c1ccc1ccccc12. The van der Waals surface area contributed by atoms with Crippen LogP contribution in [0.1, 0.15) is 5.56 Å². The van der Waals surface area contributed by atoms with Gasteiger partial charge in [0, 0.05) is 16.8 Å². The zero-order valence-corrected chi connectivity index (χ0v) is 20.1. The summed E-state index contributed by atoms with van der Waals surface area (Å²) >= 11 is 0. The Morgan fingerprint density at radius 1 is 0.389 bits per heavy atom. The first-order chi connectivity index (χ1) is 17.8. The number of nitrogens with zero attached hydrogens (tertiary/aromatic N) is 1. The molecule has 7 aromatic rings. The van der Waals surface area contributed by atoms with Crippen LogP contribution in [0.3, 0.4) is 0 Å². The van der Waals surface area contributed by atoms with Crippen LogP contribution in [0, 0.1) is 6.92 Å². The third kappa shape index (κ3) is 3.25. The van der Waals surface area contributed by atoms with Crippen LogP contribution in [0.5, 0.6) is 0 Å². The van der Waals surface area contributed by atoms with E-state index in [1.807, 2.05) is 0 Å². The van der Waals surface area contributed by atoms with Gasteiger partial charge in [-0.15, -0.1) is 0 Å². The van der Waals surface area contributed by atoms with Gasteiger partial charge in [0.2, 0.25) is 0 Å². The minimum absolute atomic E-state index is 1.16.